The highest BCUT2D eigenvalue weighted by atomic mass is 16.3. The van der Waals surface area contributed by atoms with E-state index in [0.717, 1.165) is 5.56 Å². The molecule has 5 heteroatoms. The van der Waals surface area contributed by atoms with Crippen LogP contribution in [0.3, 0.4) is 0 Å². The number of nitrogens with zero attached hydrogens (tertiary/aromatic N) is 1. The number of aryl methyl sites for hydroxylation is 1. The van der Waals surface area contributed by atoms with Crippen LogP contribution in [0.4, 0.5) is 5.82 Å². The molecule has 0 saturated carbocycles. The van der Waals surface area contributed by atoms with Crippen molar-refractivity contribution in [2.45, 2.75) is 6.92 Å². The van der Waals surface area contributed by atoms with E-state index in [-0.39, 0.29) is 11.3 Å². The summed E-state index contributed by atoms with van der Waals surface area (Å²) in [5.41, 5.74) is 1.52. The Balaban J connectivity index is 1.83. The van der Waals surface area contributed by atoms with Crippen molar-refractivity contribution in [3.05, 3.63) is 76.3 Å². The molecule has 0 saturated heterocycles. The maximum atomic E-state index is 12.3. The number of anilines is 1. The smallest absolute Gasteiger partial charge is 0.249 e. The quantitative estimate of drug-likeness (QED) is 0.754. The van der Waals surface area contributed by atoms with Gasteiger partial charge in [-0.25, -0.2) is 4.98 Å². The van der Waals surface area contributed by atoms with Crippen LogP contribution in [-0.2, 0) is 4.79 Å². The summed E-state index contributed by atoms with van der Waals surface area (Å²) in [5, 5.41) is 3.15. The Kier molecular flexibility index (Phi) is 4.01. The molecule has 0 aliphatic heterocycles. The summed E-state index contributed by atoms with van der Waals surface area (Å²) in [5.74, 6) is 0.132. The highest BCUT2D eigenvalue weighted by Crippen LogP contribution is 2.12. The molecule has 2 aromatic heterocycles. The zero-order chi connectivity index (χ0) is 16.2. The van der Waals surface area contributed by atoms with Crippen LogP contribution in [0.2, 0.25) is 0 Å². The number of rotatable bonds is 3. The Morgan fingerprint density at radius 2 is 2.04 bits per heavy atom. The number of fused-ring (bicyclic) bond motifs is 1. The summed E-state index contributed by atoms with van der Waals surface area (Å²) in [4.78, 5) is 28.3. The molecule has 0 spiro atoms. The number of amides is 1. The second-order valence-corrected chi connectivity index (χ2v) is 5.01. The number of hydrogen-bond donors (Lipinski definition) is 1. The predicted octanol–water partition coefficient (Wildman–Crippen LogP) is 3.15. The van der Waals surface area contributed by atoms with Crippen LogP contribution in [0.15, 0.2) is 64.1 Å². The number of carbonyl (C=O) groups is 1. The number of para-hydroxylation sites is 1. The van der Waals surface area contributed by atoms with E-state index in [1.807, 2.05) is 13.0 Å². The van der Waals surface area contributed by atoms with E-state index in [9.17, 15) is 9.59 Å². The molecule has 3 aromatic rings. The molecule has 5 nitrogen and oxygen atoms in total. The van der Waals surface area contributed by atoms with Crippen LogP contribution in [0.25, 0.3) is 17.0 Å². The molecule has 0 unspecified atom stereocenters. The molecule has 3 rings (SSSR count). The number of hydrogen-bond acceptors (Lipinski definition) is 4. The van der Waals surface area contributed by atoms with Gasteiger partial charge in [-0.2, -0.15) is 0 Å². The first kappa shape index (κ1) is 14.7. The van der Waals surface area contributed by atoms with Gasteiger partial charge in [0.15, 0.2) is 5.43 Å². The largest absolute Gasteiger partial charge is 0.463 e. The fraction of sp³-hybridized carbons (Fsp3) is 0.0556. The third kappa shape index (κ3) is 3.18. The molecule has 0 bridgehead atoms. The van der Waals surface area contributed by atoms with Crippen LogP contribution in [0.1, 0.15) is 11.1 Å². The molecule has 0 atom stereocenters. The SMILES string of the molecule is Cc1cccnc1NC(=O)/C=C/c1coc2ccccc2c1=O. The van der Waals surface area contributed by atoms with E-state index in [1.54, 1.807) is 36.5 Å². The number of benzene rings is 1. The molecule has 0 aliphatic carbocycles. The predicted molar refractivity (Wildman–Crippen MR) is 89.1 cm³/mol. The Labute approximate surface area is 132 Å². The minimum Gasteiger partial charge on any atom is -0.463 e. The van der Waals surface area contributed by atoms with Gasteiger partial charge in [-0.3, -0.25) is 9.59 Å². The molecular formula is C18H14N2O3. The molecule has 23 heavy (non-hydrogen) atoms. The van der Waals surface area contributed by atoms with E-state index in [1.165, 1.54) is 18.4 Å². The van der Waals surface area contributed by atoms with Gasteiger partial charge < -0.3 is 9.73 Å². The van der Waals surface area contributed by atoms with Crippen LogP contribution in [0.5, 0.6) is 0 Å². The highest BCUT2D eigenvalue weighted by molar-refractivity contribution is 6.01. The average Bonchev–Trinajstić information content (AvgIpc) is 2.57. The van der Waals surface area contributed by atoms with Gasteiger partial charge in [0, 0.05) is 12.3 Å². The van der Waals surface area contributed by atoms with Crippen molar-refractivity contribution in [2.24, 2.45) is 0 Å². The monoisotopic (exact) mass is 306 g/mol. The van der Waals surface area contributed by atoms with Crippen molar-refractivity contribution in [2.75, 3.05) is 5.32 Å². The third-order valence-electron chi connectivity index (χ3n) is 3.37. The number of pyridine rings is 1. The van der Waals surface area contributed by atoms with Gasteiger partial charge in [-0.05, 0) is 36.8 Å². The second kappa shape index (κ2) is 6.27. The van der Waals surface area contributed by atoms with Crippen LogP contribution < -0.4 is 10.7 Å². The molecule has 1 amide bonds. The lowest BCUT2D eigenvalue weighted by molar-refractivity contribution is -0.111. The summed E-state index contributed by atoms with van der Waals surface area (Å²) >= 11 is 0. The van der Waals surface area contributed by atoms with E-state index < -0.39 is 0 Å². The van der Waals surface area contributed by atoms with Crippen molar-refractivity contribution < 1.29 is 9.21 Å². The first-order valence-corrected chi connectivity index (χ1v) is 7.06. The van der Waals surface area contributed by atoms with Crippen LogP contribution in [0, 0.1) is 6.92 Å². The van der Waals surface area contributed by atoms with Gasteiger partial charge in [0.05, 0.1) is 10.9 Å². The second-order valence-electron chi connectivity index (χ2n) is 5.01. The maximum absolute atomic E-state index is 12.3. The van der Waals surface area contributed by atoms with E-state index in [4.69, 9.17) is 4.42 Å². The molecule has 114 valence electrons. The molecule has 0 fully saturated rings. The minimum absolute atomic E-state index is 0.176. The van der Waals surface area contributed by atoms with E-state index in [2.05, 4.69) is 10.3 Å². The van der Waals surface area contributed by atoms with Crippen molar-refractivity contribution in [1.82, 2.24) is 4.98 Å². The first-order valence-electron chi connectivity index (χ1n) is 7.06. The van der Waals surface area contributed by atoms with Crippen molar-refractivity contribution in [3.8, 4) is 0 Å². The highest BCUT2D eigenvalue weighted by Gasteiger charge is 2.05. The van der Waals surface area contributed by atoms with Crippen molar-refractivity contribution >= 4 is 28.8 Å². The van der Waals surface area contributed by atoms with Crippen molar-refractivity contribution in [3.63, 3.8) is 0 Å². The summed E-state index contributed by atoms with van der Waals surface area (Å²) in [7, 11) is 0. The molecule has 0 aliphatic rings. The van der Waals surface area contributed by atoms with Crippen molar-refractivity contribution in [1.29, 1.82) is 0 Å². The number of carbonyl (C=O) groups excluding carboxylic acids is 1. The maximum Gasteiger partial charge on any atom is 0.249 e. The topological polar surface area (TPSA) is 72.2 Å². The van der Waals surface area contributed by atoms with Gasteiger partial charge in [0.25, 0.3) is 0 Å². The zero-order valence-corrected chi connectivity index (χ0v) is 12.4. The van der Waals surface area contributed by atoms with Gasteiger partial charge in [-0.1, -0.05) is 18.2 Å². The number of nitrogens with one attached hydrogen (secondary N) is 1. The Bertz CT molecular complexity index is 958. The lowest BCUT2D eigenvalue weighted by atomic mass is 10.1. The number of aromatic nitrogens is 1. The third-order valence-corrected chi connectivity index (χ3v) is 3.37. The summed E-state index contributed by atoms with van der Waals surface area (Å²) in [6, 6.07) is 10.6. The summed E-state index contributed by atoms with van der Waals surface area (Å²) in [6.07, 6.45) is 5.67. The minimum atomic E-state index is -0.362. The average molecular weight is 306 g/mol. The lowest BCUT2D eigenvalue weighted by Gasteiger charge is -2.03. The lowest BCUT2D eigenvalue weighted by Crippen LogP contribution is -2.11. The van der Waals surface area contributed by atoms with E-state index >= 15 is 0 Å². The molecular weight excluding hydrogens is 292 g/mol. The van der Waals surface area contributed by atoms with Crippen LogP contribution in [-0.4, -0.2) is 10.9 Å². The summed E-state index contributed by atoms with van der Waals surface area (Å²) < 4.78 is 5.40. The normalized spacial score (nSPS) is 11.0. The fourth-order valence-electron chi connectivity index (χ4n) is 2.15. The fourth-order valence-corrected chi connectivity index (χ4v) is 2.15. The Morgan fingerprint density at radius 1 is 1.22 bits per heavy atom. The van der Waals surface area contributed by atoms with Gasteiger partial charge in [0.1, 0.15) is 17.7 Å². The van der Waals surface area contributed by atoms with E-state index in [0.29, 0.717) is 22.4 Å². The molecule has 1 aromatic carbocycles. The Hall–Kier alpha value is -3.21. The van der Waals surface area contributed by atoms with Gasteiger partial charge >= 0.3 is 0 Å². The molecule has 1 N–H and O–H groups in total. The first-order chi connectivity index (χ1) is 11.1. The van der Waals surface area contributed by atoms with Gasteiger partial charge in [-0.15, -0.1) is 0 Å². The van der Waals surface area contributed by atoms with Gasteiger partial charge in [0.2, 0.25) is 5.91 Å². The molecule has 2 heterocycles. The zero-order valence-electron chi connectivity index (χ0n) is 12.4. The Morgan fingerprint density at radius 3 is 2.87 bits per heavy atom. The summed E-state index contributed by atoms with van der Waals surface area (Å²) in [6.45, 7) is 1.85. The standard InChI is InChI=1S/C18H14N2O3/c1-12-5-4-10-19-18(12)20-16(21)9-8-13-11-23-15-7-3-2-6-14(15)17(13)22/h2-11H,1H3,(H,19,20,21)/b9-8+. The molecule has 0 radical (unpaired) electrons. The van der Waals surface area contributed by atoms with Crippen LogP contribution >= 0.6 is 0 Å².